The molecule has 0 aromatic heterocycles. The van der Waals surface area contributed by atoms with Crippen molar-refractivity contribution in [2.75, 3.05) is 13.7 Å². The molecule has 2 bridgehead atoms. The molecule has 25 heavy (non-hydrogen) atoms. The van der Waals surface area contributed by atoms with Gasteiger partial charge >= 0.3 is 0 Å². The monoisotopic (exact) mass is 368 g/mol. The normalized spacial score (nSPS) is 27.8. The second-order valence-electron chi connectivity index (χ2n) is 7.22. The van der Waals surface area contributed by atoms with Crippen molar-refractivity contribution in [1.29, 1.82) is 0 Å². The van der Waals surface area contributed by atoms with Crippen LogP contribution in [0.1, 0.15) is 37.7 Å². The largest absolute Gasteiger partial charge is 0.493 e. The predicted molar refractivity (Wildman–Crippen MR) is 100 cm³/mol. The van der Waals surface area contributed by atoms with Crippen LogP contribution >= 0.6 is 12.4 Å². The van der Waals surface area contributed by atoms with Gasteiger partial charge in [-0.3, -0.25) is 4.79 Å². The van der Waals surface area contributed by atoms with Crippen molar-refractivity contribution in [3.8, 4) is 11.5 Å². The smallest absolute Gasteiger partial charge is 0.258 e. The first kappa shape index (κ1) is 19.9. The highest BCUT2D eigenvalue weighted by Crippen LogP contribution is 2.39. The van der Waals surface area contributed by atoms with Crippen LogP contribution in [-0.2, 0) is 4.79 Å². The maximum absolute atomic E-state index is 12.4. The average molecular weight is 369 g/mol. The van der Waals surface area contributed by atoms with Crippen LogP contribution in [0.25, 0.3) is 0 Å². The van der Waals surface area contributed by atoms with Gasteiger partial charge in [0.25, 0.3) is 5.91 Å². The summed E-state index contributed by atoms with van der Waals surface area (Å²) in [6.45, 7) is 2.01. The average Bonchev–Trinajstić information content (AvgIpc) is 2.54. The minimum atomic E-state index is -0.0602. The first-order valence-corrected chi connectivity index (χ1v) is 8.89. The molecule has 3 rings (SSSR count). The topological polar surface area (TPSA) is 73.6 Å². The zero-order valence-electron chi connectivity index (χ0n) is 15.0. The van der Waals surface area contributed by atoms with Crippen molar-refractivity contribution in [2.45, 2.75) is 51.1 Å². The maximum Gasteiger partial charge on any atom is 0.258 e. The molecule has 0 spiro atoms. The van der Waals surface area contributed by atoms with Gasteiger partial charge in [-0.2, -0.15) is 0 Å². The fraction of sp³-hybridized carbons (Fsp3) is 0.632. The molecule has 2 unspecified atom stereocenters. The highest BCUT2D eigenvalue weighted by molar-refractivity contribution is 5.85. The molecule has 2 aliphatic rings. The highest BCUT2D eigenvalue weighted by Gasteiger charge is 2.39. The van der Waals surface area contributed by atoms with Crippen LogP contribution < -0.4 is 20.5 Å². The van der Waals surface area contributed by atoms with E-state index < -0.39 is 0 Å². The summed E-state index contributed by atoms with van der Waals surface area (Å²) in [6.07, 6.45) is 5.64. The van der Waals surface area contributed by atoms with Gasteiger partial charge in [-0.25, -0.2) is 0 Å². The Morgan fingerprint density at radius 1 is 1.24 bits per heavy atom. The summed E-state index contributed by atoms with van der Waals surface area (Å²) >= 11 is 0. The van der Waals surface area contributed by atoms with E-state index in [-0.39, 0.29) is 31.0 Å². The van der Waals surface area contributed by atoms with Gasteiger partial charge in [0.1, 0.15) is 0 Å². The number of nitrogens with two attached hydrogens (primary N) is 1. The molecule has 2 saturated carbocycles. The van der Waals surface area contributed by atoms with E-state index >= 15 is 0 Å². The predicted octanol–water partition coefficient (Wildman–Crippen LogP) is 2.83. The molecule has 2 aliphatic carbocycles. The Morgan fingerprint density at radius 2 is 1.92 bits per heavy atom. The molecule has 1 aromatic rings. The molecule has 1 aromatic carbocycles. The van der Waals surface area contributed by atoms with Crippen LogP contribution in [0.5, 0.6) is 11.5 Å². The van der Waals surface area contributed by atoms with Crippen molar-refractivity contribution < 1.29 is 14.3 Å². The molecule has 0 heterocycles. The Morgan fingerprint density at radius 3 is 2.56 bits per heavy atom. The third-order valence-electron chi connectivity index (χ3n) is 5.38. The Bertz CT molecular complexity index is 582. The molecule has 2 fully saturated rings. The molecule has 2 atom stereocenters. The number of halogens is 1. The lowest BCUT2D eigenvalue weighted by Crippen LogP contribution is -2.54. The zero-order valence-corrected chi connectivity index (χ0v) is 15.8. The first-order valence-electron chi connectivity index (χ1n) is 8.89. The summed E-state index contributed by atoms with van der Waals surface area (Å²) in [5.41, 5.74) is 7.24. The van der Waals surface area contributed by atoms with Gasteiger partial charge in [-0.05, 0) is 62.1 Å². The summed E-state index contributed by atoms with van der Waals surface area (Å²) in [5, 5.41) is 3.20. The van der Waals surface area contributed by atoms with E-state index in [4.69, 9.17) is 15.2 Å². The first-order chi connectivity index (χ1) is 11.6. The molecule has 5 nitrogen and oxygen atoms in total. The number of benzene rings is 1. The lowest BCUT2D eigenvalue weighted by Gasteiger charge is -2.45. The van der Waals surface area contributed by atoms with Crippen molar-refractivity contribution in [3.05, 3.63) is 23.8 Å². The summed E-state index contributed by atoms with van der Waals surface area (Å²) in [7, 11) is 1.61. The number of aryl methyl sites for hydroxylation is 1. The van der Waals surface area contributed by atoms with Gasteiger partial charge in [-0.15, -0.1) is 12.4 Å². The summed E-state index contributed by atoms with van der Waals surface area (Å²) in [4.78, 5) is 12.4. The lowest BCUT2D eigenvalue weighted by molar-refractivity contribution is -0.125. The van der Waals surface area contributed by atoms with Gasteiger partial charge in [0.05, 0.1) is 7.11 Å². The van der Waals surface area contributed by atoms with Crippen molar-refractivity contribution >= 4 is 18.3 Å². The Hall–Kier alpha value is -1.46. The van der Waals surface area contributed by atoms with E-state index in [1.165, 1.54) is 19.3 Å². The molecule has 6 heteroatoms. The van der Waals surface area contributed by atoms with Crippen LogP contribution in [0.3, 0.4) is 0 Å². The highest BCUT2D eigenvalue weighted by atomic mass is 35.5. The number of rotatable bonds is 5. The van der Waals surface area contributed by atoms with E-state index in [0.717, 1.165) is 18.4 Å². The summed E-state index contributed by atoms with van der Waals surface area (Å²) in [5.74, 6) is 2.23. The van der Waals surface area contributed by atoms with Crippen LogP contribution in [0.2, 0.25) is 0 Å². The molecular weight excluding hydrogens is 340 g/mol. The molecule has 0 radical (unpaired) electrons. The number of hydrogen-bond donors (Lipinski definition) is 2. The maximum atomic E-state index is 12.4. The number of nitrogens with one attached hydrogen (secondary N) is 1. The Balaban J connectivity index is 0.00000225. The van der Waals surface area contributed by atoms with E-state index in [1.807, 2.05) is 25.1 Å². The van der Waals surface area contributed by atoms with Gasteiger partial charge in [0, 0.05) is 12.1 Å². The third kappa shape index (κ3) is 4.79. The van der Waals surface area contributed by atoms with E-state index in [2.05, 4.69) is 5.32 Å². The summed E-state index contributed by atoms with van der Waals surface area (Å²) < 4.78 is 11.0. The Kier molecular flexibility index (Phi) is 6.96. The van der Waals surface area contributed by atoms with Gasteiger partial charge in [0.15, 0.2) is 18.1 Å². The second kappa shape index (κ2) is 8.77. The summed E-state index contributed by atoms with van der Waals surface area (Å²) in [6, 6.07) is 6.25. The minimum Gasteiger partial charge on any atom is -0.493 e. The standard InChI is InChI=1S/C19H28N2O3.ClH/c1-12-6-7-16(17(8-12)23-2)24-11-18(22)21-19-13-4-3-5-14(19)10-15(20)9-13;/h6-8,13-15,19H,3-5,9-11,20H2,1-2H3,(H,21,22);1H. The molecular formula is C19H29ClN2O3. The third-order valence-corrected chi connectivity index (χ3v) is 5.38. The van der Waals surface area contributed by atoms with Gasteiger partial charge < -0.3 is 20.5 Å². The van der Waals surface area contributed by atoms with E-state index in [0.29, 0.717) is 29.4 Å². The minimum absolute atomic E-state index is 0. The van der Waals surface area contributed by atoms with E-state index in [1.54, 1.807) is 7.11 Å². The van der Waals surface area contributed by atoms with Crippen LogP contribution in [-0.4, -0.2) is 31.7 Å². The molecule has 3 N–H and O–H groups in total. The van der Waals surface area contributed by atoms with Crippen molar-refractivity contribution in [3.63, 3.8) is 0 Å². The van der Waals surface area contributed by atoms with Crippen LogP contribution in [0.15, 0.2) is 18.2 Å². The van der Waals surface area contributed by atoms with Crippen LogP contribution in [0.4, 0.5) is 0 Å². The molecule has 1 amide bonds. The SMILES string of the molecule is COc1cc(C)ccc1OCC(=O)NC1C2CCCC1CC(N)C2.Cl. The number of ether oxygens (including phenoxy) is 2. The number of amides is 1. The number of fused-ring (bicyclic) bond motifs is 2. The van der Waals surface area contributed by atoms with Gasteiger partial charge in [-0.1, -0.05) is 12.5 Å². The van der Waals surface area contributed by atoms with E-state index in [9.17, 15) is 4.79 Å². The van der Waals surface area contributed by atoms with Gasteiger partial charge in [0.2, 0.25) is 0 Å². The fourth-order valence-corrected chi connectivity index (χ4v) is 4.29. The Labute approximate surface area is 156 Å². The lowest BCUT2D eigenvalue weighted by atomic mass is 9.67. The van der Waals surface area contributed by atoms with Crippen molar-refractivity contribution in [1.82, 2.24) is 5.32 Å². The number of methoxy groups -OCH3 is 1. The number of carbonyl (C=O) groups is 1. The molecule has 0 aliphatic heterocycles. The molecule has 140 valence electrons. The fourth-order valence-electron chi connectivity index (χ4n) is 4.29. The molecule has 0 saturated heterocycles. The zero-order chi connectivity index (χ0) is 17.1. The van der Waals surface area contributed by atoms with Crippen molar-refractivity contribution in [2.24, 2.45) is 17.6 Å². The van der Waals surface area contributed by atoms with Crippen LogP contribution in [0, 0.1) is 18.8 Å². The number of carbonyl (C=O) groups excluding carboxylic acids is 1. The second-order valence-corrected chi connectivity index (χ2v) is 7.22. The quantitative estimate of drug-likeness (QED) is 0.838. The number of hydrogen-bond acceptors (Lipinski definition) is 4.